The van der Waals surface area contributed by atoms with Crippen molar-refractivity contribution in [1.29, 1.82) is 0 Å². The number of aromatic nitrogens is 2. The summed E-state index contributed by atoms with van der Waals surface area (Å²) in [5, 5.41) is 1.19. The summed E-state index contributed by atoms with van der Waals surface area (Å²) < 4.78 is 33.0. The standard InChI is InChI=1S/C30H34N4O5S/c1-21(2)20-39-30(36)26-23(4)31-28(25-13-9-6-10-14-25)32-27(26)29(35)33-16-17-34(22(3)19-33)40(37,38)18-15-24-11-7-5-8-12-24/h5-15,18,21-22H,16-17,19-20H2,1-4H3/b18-15+. The van der Waals surface area contributed by atoms with E-state index in [1.54, 1.807) is 19.9 Å². The number of ether oxygens (including phenoxy) is 1. The first kappa shape index (κ1) is 29.1. The predicted octanol–water partition coefficient (Wildman–Crippen LogP) is 4.41. The highest BCUT2D eigenvalue weighted by Crippen LogP contribution is 2.24. The van der Waals surface area contributed by atoms with Gasteiger partial charge in [0.05, 0.1) is 12.3 Å². The zero-order valence-electron chi connectivity index (χ0n) is 23.1. The molecule has 210 valence electrons. The average molecular weight is 563 g/mol. The van der Waals surface area contributed by atoms with Gasteiger partial charge in [0.1, 0.15) is 11.3 Å². The normalized spacial score (nSPS) is 16.4. The Labute approximate surface area is 235 Å². The molecular formula is C30H34N4O5S. The predicted molar refractivity (Wildman–Crippen MR) is 154 cm³/mol. The first-order chi connectivity index (χ1) is 19.1. The summed E-state index contributed by atoms with van der Waals surface area (Å²) in [7, 11) is -3.72. The van der Waals surface area contributed by atoms with E-state index in [2.05, 4.69) is 9.97 Å². The van der Waals surface area contributed by atoms with Gasteiger partial charge in [-0.3, -0.25) is 4.79 Å². The third kappa shape index (κ3) is 6.81. The molecule has 1 amide bonds. The Morgan fingerprint density at radius 3 is 2.30 bits per heavy atom. The molecule has 10 heteroatoms. The molecule has 0 saturated carbocycles. The monoisotopic (exact) mass is 562 g/mol. The highest BCUT2D eigenvalue weighted by molar-refractivity contribution is 7.92. The van der Waals surface area contributed by atoms with Crippen LogP contribution in [0.2, 0.25) is 0 Å². The largest absolute Gasteiger partial charge is 0.462 e. The van der Waals surface area contributed by atoms with Crippen LogP contribution in [0.3, 0.4) is 0 Å². The molecule has 0 bridgehead atoms. The summed E-state index contributed by atoms with van der Waals surface area (Å²) in [6.07, 6.45) is 1.56. The van der Waals surface area contributed by atoms with Crippen LogP contribution in [-0.2, 0) is 14.8 Å². The first-order valence-electron chi connectivity index (χ1n) is 13.2. The second-order valence-corrected chi connectivity index (χ2v) is 12.0. The van der Waals surface area contributed by atoms with Crippen LogP contribution in [-0.4, -0.2) is 71.8 Å². The summed E-state index contributed by atoms with van der Waals surface area (Å²) in [5.74, 6) is -0.695. The number of esters is 1. The molecule has 2 aromatic carbocycles. The molecule has 1 saturated heterocycles. The lowest BCUT2D eigenvalue weighted by atomic mass is 10.1. The van der Waals surface area contributed by atoms with Crippen LogP contribution in [0.4, 0.5) is 0 Å². The van der Waals surface area contributed by atoms with Crippen molar-refractivity contribution in [1.82, 2.24) is 19.2 Å². The molecule has 0 aliphatic carbocycles. The zero-order valence-corrected chi connectivity index (χ0v) is 24.0. The number of rotatable bonds is 8. The number of carbonyl (C=O) groups excluding carboxylic acids is 2. The van der Waals surface area contributed by atoms with Gasteiger partial charge in [-0.15, -0.1) is 0 Å². The zero-order chi connectivity index (χ0) is 28.9. The van der Waals surface area contributed by atoms with Crippen molar-refractivity contribution < 1.29 is 22.7 Å². The lowest BCUT2D eigenvalue weighted by Crippen LogP contribution is -2.55. The Hall–Kier alpha value is -3.89. The van der Waals surface area contributed by atoms with Crippen molar-refractivity contribution in [3.8, 4) is 11.4 Å². The highest BCUT2D eigenvalue weighted by atomic mass is 32.2. The molecule has 4 rings (SSSR count). The smallest absolute Gasteiger partial charge is 0.342 e. The number of hydrogen-bond donors (Lipinski definition) is 0. The van der Waals surface area contributed by atoms with E-state index in [4.69, 9.17) is 4.74 Å². The van der Waals surface area contributed by atoms with Gasteiger partial charge in [-0.1, -0.05) is 74.5 Å². The van der Waals surface area contributed by atoms with Crippen LogP contribution < -0.4 is 0 Å². The minimum atomic E-state index is -3.72. The van der Waals surface area contributed by atoms with Crippen molar-refractivity contribution in [2.24, 2.45) is 5.92 Å². The van der Waals surface area contributed by atoms with Gasteiger partial charge < -0.3 is 9.64 Å². The van der Waals surface area contributed by atoms with E-state index in [-0.39, 0.29) is 43.4 Å². The van der Waals surface area contributed by atoms with Gasteiger partial charge in [0.25, 0.3) is 5.91 Å². The number of aryl methyl sites for hydroxylation is 1. The van der Waals surface area contributed by atoms with Gasteiger partial charge in [-0.05, 0) is 31.4 Å². The number of nitrogens with zero attached hydrogens (tertiary/aromatic N) is 4. The Morgan fingerprint density at radius 1 is 1.02 bits per heavy atom. The number of amides is 1. The summed E-state index contributed by atoms with van der Waals surface area (Å²) in [6.45, 7) is 7.84. The molecule has 0 spiro atoms. The van der Waals surface area contributed by atoms with Crippen LogP contribution in [0.1, 0.15) is 52.9 Å². The van der Waals surface area contributed by atoms with Crippen molar-refractivity contribution in [2.45, 2.75) is 33.7 Å². The fraction of sp³-hybridized carbons (Fsp3) is 0.333. The Bertz CT molecular complexity index is 1490. The molecule has 1 aliphatic heterocycles. The van der Waals surface area contributed by atoms with E-state index in [1.165, 1.54) is 14.6 Å². The quantitative estimate of drug-likeness (QED) is 0.374. The minimum absolute atomic E-state index is 0.0267. The van der Waals surface area contributed by atoms with Gasteiger partial charge in [-0.25, -0.2) is 23.2 Å². The number of hydrogen-bond acceptors (Lipinski definition) is 7. The molecule has 0 radical (unpaired) electrons. The van der Waals surface area contributed by atoms with E-state index in [9.17, 15) is 18.0 Å². The molecule has 1 fully saturated rings. The maximum Gasteiger partial charge on any atom is 0.342 e. The minimum Gasteiger partial charge on any atom is -0.462 e. The molecule has 2 heterocycles. The third-order valence-corrected chi connectivity index (χ3v) is 8.17. The summed E-state index contributed by atoms with van der Waals surface area (Å²) in [5.41, 5.74) is 1.80. The van der Waals surface area contributed by atoms with Crippen LogP contribution in [0, 0.1) is 12.8 Å². The third-order valence-electron chi connectivity index (χ3n) is 6.49. The lowest BCUT2D eigenvalue weighted by molar-refractivity contribution is 0.0447. The Kier molecular flexibility index (Phi) is 9.11. The van der Waals surface area contributed by atoms with Crippen molar-refractivity contribution in [3.05, 3.63) is 88.6 Å². The summed E-state index contributed by atoms with van der Waals surface area (Å²) in [6, 6.07) is 17.9. The van der Waals surface area contributed by atoms with Gasteiger partial charge in [0, 0.05) is 36.6 Å². The van der Waals surface area contributed by atoms with Gasteiger partial charge >= 0.3 is 5.97 Å². The molecular weight excluding hydrogens is 528 g/mol. The first-order valence-corrected chi connectivity index (χ1v) is 14.7. The van der Waals surface area contributed by atoms with Crippen molar-refractivity contribution >= 4 is 28.0 Å². The SMILES string of the molecule is Cc1nc(-c2ccccc2)nc(C(=O)N2CCN(S(=O)(=O)/C=C/c3ccccc3)C(C)C2)c1C(=O)OCC(C)C. The number of piperazine rings is 1. The Morgan fingerprint density at radius 2 is 1.68 bits per heavy atom. The summed E-state index contributed by atoms with van der Waals surface area (Å²) in [4.78, 5) is 37.5. The van der Waals surface area contributed by atoms with Gasteiger partial charge in [0.15, 0.2) is 5.82 Å². The fourth-order valence-electron chi connectivity index (χ4n) is 4.46. The number of carbonyl (C=O) groups is 2. The fourth-order valence-corrected chi connectivity index (χ4v) is 5.85. The van der Waals surface area contributed by atoms with E-state index >= 15 is 0 Å². The molecule has 0 N–H and O–H groups in total. The van der Waals surface area contributed by atoms with Crippen molar-refractivity contribution in [3.63, 3.8) is 0 Å². The highest BCUT2D eigenvalue weighted by Gasteiger charge is 2.36. The molecule has 3 aromatic rings. The van der Waals surface area contributed by atoms with Crippen LogP contribution in [0.5, 0.6) is 0 Å². The van der Waals surface area contributed by atoms with E-state index < -0.39 is 27.9 Å². The van der Waals surface area contributed by atoms with Crippen LogP contribution in [0.15, 0.2) is 66.1 Å². The van der Waals surface area contributed by atoms with Crippen molar-refractivity contribution in [2.75, 3.05) is 26.2 Å². The van der Waals surface area contributed by atoms with Gasteiger partial charge in [0.2, 0.25) is 10.0 Å². The lowest BCUT2D eigenvalue weighted by Gasteiger charge is -2.38. The van der Waals surface area contributed by atoms with E-state index in [0.717, 1.165) is 5.56 Å². The number of benzene rings is 2. The molecule has 9 nitrogen and oxygen atoms in total. The number of sulfonamides is 1. The average Bonchev–Trinajstić information content (AvgIpc) is 2.95. The maximum absolute atomic E-state index is 13.9. The molecule has 1 aliphatic rings. The second-order valence-electron chi connectivity index (χ2n) is 10.2. The topological polar surface area (TPSA) is 110 Å². The van der Waals surface area contributed by atoms with E-state index in [1.807, 2.05) is 74.5 Å². The van der Waals surface area contributed by atoms with Gasteiger partial charge in [-0.2, -0.15) is 4.31 Å². The molecule has 40 heavy (non-hydrogen) atoms. The van der Waals surface area contributed by atoms with Crippen LogP contribution >= 0.6 is 0 Å². The van der Waals surface area contributed by atoms with E-state index in [0.29, 0.717) is 17.1 Å². The second kappa shape index (κ2) is 12.5. The van der Waals surface area contributed by atoms with Crippen LogP contribution in [0.25, 0.3) is 17.5 Å². The summed E-state index contributed by atoms with van der Waals surface area (Å²) >= 11 is 0. The molecule has 1 unspecified atom stereocenters. The maximum atomic E-state index is 13.9. The molecule has 1 atom stereocenters. The molecule has 1 aromatic heterocycles. The Balaban J connectivity index is 1.60.